The van der Waals surface area contributed by atoms with Gasteiger partial charge in [0.1, 0.15) is 5.54 Å². The molecule has 3 saturated heterocycles. The number of hydrogen-bond donors (Lipinski definition) is 2. The molecule has 4 aliphatic heterocycles. The van der Waals surface area contributed by atoms with Crippen molar-refractivity contribution in [2.75, 3.05) is 18.5 Å². The number of rotatable bonds is 4. The highest BCUT2D eigenvalue weighted by Gasteiger charge is 2.70. The largest absolute Gasteiger partial charge is 0.376 e. The number of hydrogen-bond acceptors (Lipinski definition) is 5. The molecule has 3 fully saturated rings. The van der Waals surface area contributed by atoms with E-state index in [4.69, 9.17) is 4.74 Å². The smallest absolute Gasteiger partial charge is 0.250 e. The summed E-state index contributed by atoms with van der Waals surface area (Å²) in [5, 5.41) is 6.43. The second-order valence-corrected chi connectivity index (χ2v) is 9.17. The molecule has 7 heteroatoms. The maximum absolute atomic E-state index is 13.7. The lowest BCUT2D eigenvalue weighted by atomic mass is 9.76. The van der Waals surface area contributed by atoms with Crippen LogP contribution in [0.2, 0.25) is 0 Å². The normalized spacial score (nSPS) is 33.1. The third kappa shape index (κ3) is 2.71. The van der Waals surface area contributed by atoms with E-state index in [0.717, 1.165) is 24.0 Å². The molecule has 1 spiro atoms. The molecule has 6 rings (SSSR count). The van der Waals surface area contributed by atoms with Crippen LogP contribution in [0.1, 0.15) is 24.0 Å². The molecule has 0 unspecified atom stereocenters. The number of fused-ring (bicyclic) bond motifs is 4. The lowest BCUT2D eigenvalue weighted by molar-refractivity contribution is -0.144. The van der Waals surface area contributed by atoms with E-state index in [1.54, 1.807) is 0 Å². The van der Waals surface area contributed by atoms with Crippen molar-refractivity contribution in [3.8, 4) is 0 Å². The Balaban J connectivity index is 1.43. The van der Waals surface area contributed by atoms with Gasteiger partial charge in [0.25, 0.3) is 0 Å². The molecule has 0 bridgehead atoms. The van der Waals surface area contributed by atoms with Crippen molar-refractivity contribution in [2.45, 2.75) is 36.9 Å². The molecule has 0 aliphatic carbocycles. The summed E-state index contributed by atoms with van der Waals surface area (Å²) in [5.74, 6) is -2.09. The Bertz CT molecular complexity index is 1100. The van der Waals surface area contributed by atoms with Gasteiger partial charge in [-0.15, -0.1) is 0 Å². The van der Waals surface area contributed by atoms with Crippen LogP contribution in [0.3, 0.4) is 0 Å². The minimum absolute atomic E-state index is 0.122. The predicted molar refractivity (Wildman–Crippen MR) is 116 cm³/mol. The SMILES string of the molecule is O=C1[C@H]2[C@@H](C(=O)N1C[C@@H]1CCCO1)[C@]1(N[C@@H]2Cc2ccccc2)C(=O)Nc2ccccc21. The highest BCUT2D eigenvalue weighted by molar-refractivity contribution is 6.15. The monoisotopic (exact) mass is 431 g/mol. The topological polar surface area (TPSA) is 87.7 Å². The van der Waals surface area contributed by atoms with E-state index in [2.05, 4.69) is 10.6 Å². The Morgan fingerprint density at radius 2 is 1.78 bits per heavy atom. The van der Waals surface area contributed by atoms with Crippen molar-refractivity contribution in [1.82, 2.24) is 10.2 Å². The Hall–Kier alpha value is -3.03. The molecule has 0 saturated carbocycles. The number of nitrogens with zero attached hydrogens (tertiary/aromatic N) is 1. The number of ether oxygens (including phenoxy) is 1. The van der Waals surface area contributed by atoms with Gasteiger partial charge in [-0.1, -0.05) is 48.5 Å². The summed E-state index contributed by atoms with van der Waals surface area (Å²) >= 11 is 0. The third-order valence-corrected chi connectivity index (χ3v) is 7.42. The zero-order chi connectivity index (χ0) is 21.9. The molecule has 0 radical (unpaired) electrons. The van der Waals surface area contributed by atoms with Gasteiger partial charge in [-0.25, -0.2) is 0 Å². The summed E-state index contributed by atoms with van der Waals surface area (Å²) in [6, 6.07) is 17.0. The van der Waals surface area contributed by atoms with Crippen molar-refractivity contribution in [1.29, 1.82) is 0 Å². The van der Waals surface area contributed by atoms with Gasteiger partial charge in [0, 0.05) is 23.9 Å². The van der Waals surface area contributed by atoms with Crippen molar-refractivity contribution in [3.05, 3.63) is 65.7 Å². The molecule has 4 heterocycles. The fraction of sp³-hybridized carbons (Fsp3) is 0.400. The number of para-hydroxylation sites is 1. The second-order valence-electron chi connectivity index (χ2n) is 9.17. The zero-order valence-corrected chi connectivity index (χ0v) is 17.6. The lowest BCUT2D eigenvalue weighted by Crippen LogP contribution is -2.54. The van der Waals surface area contributed by atoms with Crippen molar-refractivity contribution in [3.63, 3.8) is 0 Å². The molecule has 7 nitrogen and oxygen atoms in total. The summed E-state index contributed by atoms with van der Waals surface area (Å²) in [5.41, 5.74) is 1.27. The van der Waals surface area contributed by atoms with E-state index >= 15 is 0 Å². The van der Waals surface area contributed by atoms with Gasteiger partial charge >= 0.3 is 0 Å². The minimum Gasteiger partial charge on any atom is -0.376 e. The van der Waals surface area contributed by atoms with E-state index in [1.807, 2.05) is 54.6 Å². The van der Waals surface area contributed by atoms with Crippen LogP contribution < -0.4 is 10.6 Å². The number of likely N-dealkylation sites (tertiary alicyclic amines) is 1. The number of amides is 3. The average molecular weight is 431 g/mol. The van der Waals surface area contributed by atoms with Crippen LogP contribution in [0.15, 0.2) is 54.6 Å². The number of nitrogens with one attached hydrogen (secondary N) is 2. The van der Waals surface area contributed by atoms with E-state index in [9.17, 15) is 14.4 Å². The first-order chi connectivity index (χ1) is 15.6. The van der Waals surface area contributed by atoms with Gasteiger partial charge in [-0.3, -0.25) is 24.6 Å². The van der Waals surface area contributed by atoms with Crippen LogP contribution >= 0.6 is 0 Å². The van der Waals surface area contributed by atoms with E-state index < -0.39 is 17.4 Å². The molecular weight excluding hydrogens is 406 g/mol. The predicted octanol–water partition coefficient (Wildman–Crippen LogP) is 1.83. The third-order valence-electron chi connectivity index (χ3n) is 7.42. The Labute approximate surface area is 186 Å². The maximum atomic E-state index is 13.7. The fourth-order valence-corrected chi connectivity index (χ4v) is 6.03. The first kappa shape index (κ1) is 19.6. The Morgan fingerprint density at radius 1 is 1.00 bits per heavy atom. The summed E-state index contributed by atoms with van der Waals surface area (Å²) in [4.78, 5) is 42.1. The van der Waals surface area contributed by atoms with Crippen molar-refractivity contribution < 1.29 is 19.1 Å². The van der Waals surface area contributed by atoms with Crippen LogP contribution in [0.25, 0.3) is 0 Å². The summed E-state index contributed by atoms with van der Waals surface area (Å²) in [7, 11) is 0. The maximum Gasteiger partial charge on any atom is 0.250 e. The zero-order valence-electron chi connectivity index (χ0n) is 17.6. The number of anilines is 1. The van der Waals surface area contributed by atoms with E-state index in [0.29, 0.717) is 18.7 Å². The number of carbonyl (C=O) groups is 3. The van der Waals surface area contributed by atoms with Gasteiger partial charge in [0.15, 0.2) is 0 Å². The molecule has 3 amide bonds. The summed E-state index contributed by atoms with van der Waals surface area (Å²) in [6.45, 7) is 0.924. The van der Waals surface area contributed by atoms with Crippen LogP contribution in [-0.4, -0.2) is 47.9 Å². The van der Waals surface area contributed by atoms with Gasteiger partial charge in [0.05, 0.1) is 24.5 Å². The first-order valence-electron chi connectivity index (χ1n) is 11.3. The fourth-order valence-electron chi connectivity index (χ4n) is 6.03. The molecule has 2 N–H and O–H groups in total. The molecule has 5 atom stereocenters. The van der Waals surface area contributed by atoms with Gasteiger partial charge in [-0.2, -0.15) is 0 Å². The summed E-state index contributed by atoms with van der Waals surface area (Å²) in [6.07, 6.45) is 2.22. The van der Waals surface area contributed by atoms with E-state index in [1.165, 1.54) is 4.90 Å². The molecule has 2 aromatic rings. The van der Waals surface area contributed by atoms with Crippen LogP contribution in [0.5, 0.6) is 0 Å². The van der Waals surface area contributed by atoms with Crippen molar-refractivity contribution >= 4 is 23.4 Å². The summed E-state index contributed by atoms with van der Waals surface area (Å²) < 4.78 is 5.71. The Morgan fingerprint density at radius 3 is 2.56 bits per heavy atom. The highest BCUT2D eigenvalue weighted by atomic mass is 16.5. The number of carbonyl (C=O) groups excluding carboxylic acids is 3. The molecule has 164 valence electrons. The lowest BCUT2D eigenvalue weighted by Gasteiger charge is -2.30. The Kier molecular flexibility index (Phi) is 4.45. The minimum atomic E-state index is -1.24. The molecule has 2 aromatic carbocycles. The van der Waals surface area contributed by atoms with Crippen LogP contribution in [0, 0.1) is 11.8 Å². The molecular formula is C25H25N3O4. The molecule has 0 aromatic heterocycles. The van der Waals surface area contributed by atoms with Gasteiger partial charge in [-0.05, 0) is 30.9 Å². The standard InChI is InChI=1S/C25H25N3O4/c29-22-20-19(13-15-7-2-1-3-8-15)27-25(17-10-4-5-11-18(17)26-24(25)31)21(20)23(30)28(22)14-16-9-6-12-32-16/h1-5,7-8,10-11,16,19-21,27H,6,9,12-14H2,(H,26,31)/t16-,19+,20+,21-,25-/m0/s1. The average Bonchev–Trinajstić information content (AvgIpc) is 3.54. The second kappa shape index (κ2) is 7.25. The van der Waals surface area contributed by atoms with Gasteiger partial charge < -0.3 is 10.1 Å². The van der Waals surface area contributed by atoms with Gasteiger partial charge in [0.2, 0.25) is 17.7 Å². The van der Waals surface area contributed by atoms with E-state index in [-0.39, 0.29) is 36.4 Å². The number of imide groups is 1. The molecule has 4 aliphatic rings. The van der Waals surface area contributed by atoms with Crippen molar-refractivity contribution in [2.24, 2.45) is 11.8 Å². The highest BCUT2D eigenvalue weighted by Crippen LogP contribution is 2.53. The quantitative estimate of drug-likeness (QED) is 0.722. The van der Waals surface area contributed by atoms with Crippen LogP contribution in [0.4, 0.5) is 5.69 Å². The first-order valence-corrected chi connectivity index (χ1v) is 11.3. The van der Waals surface area contributed by atoms with Crippen LogP contribution in [-0.2, 0) is 31.1 Å². The molecule has 32 heavy (non-hydrogen) atoms. The number of benzene rings is 2.